The maximum atomic E-state index is 12.8. The zero-order valence-corrected chi connectivity index (χ0v) is 13.9. The molecule has 0 amide bonds. The fourth-order valence-electron chi connectivity index (χ4n) is 2.72. The second-order valence-corrected chi connectivity index (χ2v) is 5.72. The second-order valence-electron chi connectivity index (χ2n) is 5.72. The highest BCUT2D eigenvalue weighted by Gasteiger charge is 2.14. The minimum Gasteiger partial charge on any atom is -0.280 e. The van der Waals surface area contributed by atoms with E-state index in [4.69, 9.17) is 0 Å². The average Bonchev–Trinajstić information content (AvgIpc) is 2.70. The van der Waals surface area contributed by atoms with Crippen molar-refractivity contribution in [1.82, 2.24) is 29.1 Å². The maximum Gasteiger partial charge on any atom is 0.332 e. The second kappa shape index (κ2) is 6.32. The molecule has 0 aliphatic carbocycles. The van der Waals surface area contributed by atoms with Crippen LogP contribution in [-0.2, 0) is 13.6 Å². The Hall–Kier alpha value is -3.68. The molecular weight excluding hydrogens is 332 g/mol. The highest BCUT2D eigenvalue weighted by Crippen LogP contribution is 2.14. The number of rotatable bonds is 3. The van der Waals surface area contributed by atoms with Gasteiger partial charge < -0.3 is 0 Å². The number of nitrogens with zero attached hydrogens (tertiary/aromatic N) is 6. The minimum absolute atomic E-state index is 0.0917. The van der Waals surface area contributed by atoms with Gasteiger partial charge in [-0.2, -0.15) is 0 Å². The Bertz CT molecular complexity index is 1200. The molecule has 8 heteroatoms. The number of hydrogen-bond acceptors (Lipinski definition) is 6. The zero-order chi connectivity index (χ0) is 18.1. The van der Waals surface area contributed by atoms with E-state index in [-0.39, 0.29) is 11.9 Å². The quantitative estimate of drug-likeness (QED) is 0.549. The van der Waals surface area contributed by atoms with E-state index in [0.717, 1.165) is 10.1 Å². The molecule has 4 heterocycles. The van der Waals surface area contributed by atoms with E-state index < -0.39 is 11.2 Å². The van der Waals surface area contributed by atoms with Crippen molar-refractivity contribution >= 4 is 11.0 Å². The fourth-order valence-corrected chi connectivity index (χ4v) is 2.72. The molecule has 8 nitrogen and oxygen atoms in total. The van der Waals surface area contributed by atoms with Gasteiger partial charge in [0.1, 0.15) is 5.39 Å². The smallest absolute Gasteiger partial charge is 0.280 e. The molecule has 4 aromatic heterocycles. The van der Waals surface area contributed by atoms with Crippen LogP contribution in [0.15, 0.2) is 64.7 Å². The third-order valence-corrected chi connectivity index (χ3v) is 4.06. The van der Waals surface area contributed by atoms with Crippen molar-refractivity contribution in [3.63, 3.8) is 0 Å². The van der Waals surface area contributed by atoms with Gasteiger partial charge in [0.2, 0.25) is 0 Å². The Morgan fingerprint density at radius 1 is 1.00 bits per heavy atom. The van der Waals surface area contributed by atoms with Gasteiger partial charge in [0.15, 0.2) is 11.5 Å². The summed E-state index contributed by atoms with van der Waals surface area (Å²) in [6.45, 7) is 0.0917. The molecule has 0 aliphatic rings. The van der Waals surface area contributed by atoms with Gasteiger partial charge in [-0.1, -0.05) is 6.07 Å². The average molecular weight is 346 g/mol. The molecule has 0 aliphatic heterocycles. The summed E-state index contributed by atoms with van der Waals surface area (Å²) in [7, 11) is 1.59. The van der Waals surface area contributed by atoms with E-state index in [0.29, 0.717) is 17.2 Å². The summed E-state index contributed by atoms with van der Waals surface area (Å²) in [5.74, 6) is 0.428. The molecule has 0 radical (unpaired) electrons. The SMILES string of the molecule is Cn1c(=O)n(Cc2ccccn2)c(=O)c2cnc(-c3ccncc3)nc21. The van der Waals surface area contributed by atoms with Crippen LogP contribution in [0.5, 0.6) is 0 Å². The van der Waals surface area contributed by atoms with E-state index in [9.17, 15) is 9.59 Å². The normalized spacial score (nSPS) is 11.0. The van der Waals surface area contributed by atoms with Crippen molar-refractivity contribution in [2.24, 2.45) is 7.05 Å². The summed E-state index contributed by atoms with van der Waals surface area (Å²) in [5.41, 5.74) is 0.786. The minimum atomic E-state index is -0.451. The lowest BCUT2D eigenvalue weighted by atomic mass is 10.2. The molecule has 0 N–H and O–H groups in total. The van der Waals surface area contributed by atoms with Gasteiger partial charge >= 0.3 is 5.69 Å². The van der Waals surface area contributed by atoms with E-state index >= 15 is 0 Å². The molecule has 0 unspecified atom stereocenters. The lowest BCUT2D eigenvalue weighted by Crippen LogP contribution is -2.39. The number of aryl methyl sites for hydroxylation is 1. The molecule has 4 aromatic rings. The molecule has 0 atom stereocenters. The monoisotopic (exact) mass is 346 g/mol. The van der Waals surface area contributed by atoms with E-state index in [2.05, 4.69) is 19.9 Å². The first-order chi connectivity index (χ1) is 12.6. The first-order valence-corrected chi connectivity index (χ1v) is 7.92. The Kier molecular flexibility index (Phi) is 3.85. The molecule has 128 valence electrons. The molecule has 0 saturated heterocycles. The number of aromatic nitrogens is 6. The van der Waals surface area contributed by atoms with Crippen LogP contribution in [0.4, 0.5) is 0 Å². The molecular formula is C18H14N6O2. The van der Waals surface area contributed by atoms with Crippen LogP contribution in [0.1, 0.15) is 5.69 Å². The predicted octanol–water partition coefficient (Wildman–Crippen LogP) is 0.995. The third kappa shape index (κ3) is 2.67. The number of fused-ring (bicyclic) bond motifs is 1. The molecule has 4 rings (SSSR count). The van der Waals surface area contributed by atoms with Crippen LogP contribution in [0.25, 0.3) is 22.4 Å². The van der Waals surface area contributed by atoms with Gasteiger partial charge in [-0.25, -0.2) is 14.8 Å². The van der Waals surface area contributed by atoms with Gasteiger partial charge in [-0.3, -0.25) is 23.9 Å². The molecule has 0 spiro atoms. The van der Waals surface area contributed by atoms with E-state index in [1.165, 1.54) is 10.8 Å². The summed E-state index contributed by atoms with van der Waals surface area (Å²) in [6.07, 6.45) is 6.34. The van der Waals surface area contributed by atoms with Crippen LogP contribution in [0.2, 0.25) is 0 Å². The van der Waals surface area contributed by atoms with E-state index in [1.807, 2.05) is 6.07 Å². The van der Waals surface area contributed by atoms with Gasteiger partial charge in [0, 0.05) is 37.4 Å². The zero-order valence-electron chi connectivity index (χ0n) is 13.9. The Labute approximate surface area is 147 Å². The van der Waals surface area contributed by atoms with Crippen LogP contribution in [0.3, 0.4) is 0 Å². The summed E-state index contributed by atoms with van der Waals surface area (Å²) in [4.78, 5) is 42.3. The summed E-state index contributed by atoms with van der Waals surface area (Å²) in [5, 5.41) is 0.279. The van der Waals surface area contributed by atoms with Crippen molar-refractivity contribution < 1.29 is 0 Å². The van der Waals surface area contributed by atoms with Crippen LogP contribution < -0.4 is 11.2 Å². The topological polar surface area (TPSA) is 95.6 Å². The van der Waals surface area contributed by atoms with Crippen molar-refractivity contribution in [2.45, 2.75) is 6.54 Å². The summed E-state index contributed by atoms with van der Waals surface area (Å²) in [6, 6.07) is 8.88. The van der Waals surface area contributed by atoms with E-state index in [1.54, 1.807) is 49.9 Å². The van der Waals surface area contributed by atoms with Crippen molar-refractivity contribution in [2.75, 3.05) is 0 Å². The Morgan fingerprint density at radius 2 is 1.81 bits per heavy atom. The highest BCUT2D eigenvalue weighted by atomic mass is 16.2. The van der Waals surface area contributed by atoms with Gasteiger partial charge in [0.05, 0.1) is 12.2 Å². The molecule has 0 saturated carbocycles. The van der Waals surface area contributed by atoms with Gasteiger partial charge in [-0.15, -0.1) is 0 Å². The molecule has 0 bridgehead atoms. The molecule has 0 fully saturated rings. The fraction of sp³-hybridized carbons (Fsp3) is 0.111. The van der Waals surface area contributed by atoms with Crippen LogP contribution in [0, 0.1) is 0 Å². The van der Waals surface area contributed by atoms with Gasteiger partial charge in [0.25, 0.3) is 5.56 Å². The number of hydrogen-bond donors (Lipinski definition) is 0. The lowest BCUT2D eigenvalue weighted by Gasteiger charge is -2.10. The third-order valence-electron chi connectivity index (χ3n) is 4.06. The standard InChI is InChI=1S/C18H14N6O2/c1-23-16-14(10-21-15(22-16)12-5-8-19-9-6-12)17(25)24(18(23)26)11-13-4-2-3-7-20-13/h2-10H,11H2,1H3. The molecule has 0 aromatic carbocycles. The Morgan fingerprint density at radius 3 is 2.54 bits per heavy atom. The van der Waals surface area contributed by atoms with Gasteiger partial charge in [-0.05, 0) is 24.3 Å². The van der Waals surface area contributed by atoms with Crippen molar-refractivity contribution in [3.05, 3.63) is 81.7 Å². The highest BCUT2D eigenvalue weighted by molar-refractivity contribution is 5.75. The van der Waals surface area contributed by atoms with Crippen LogP contribution >= 0.6 is 0 Å². The van der Waals surface area contributed by atoms with Crippen molar-refractivity contribution in [3.8, 4) is 11.4 Å². The first kappa shape index (κ1) is 15.8. The maximum absolute atomic E-state index is 12.8. The predicted molar refractivity (Wildman–Crippen MR) is 95.6 cm³/mol. The summed E-state index contributed by atoms with van der Waals surface area (Å²) < 4.78 is 2.49. The lowest BCUT2D eigenvalue weighted by molar-refractivity contribution is 0.646. The van der Waals surface area contributed by atoms with Crippen LogP contribution in [-0.4, -0.2) is 29.1 Å². The molecule has 26 heavy (non-hydrogen) atoms. The largest absolute Gasteiger partial charge is 0.332 e. The Balaban J connectivity index is 1.90. The number of pyridine rings is 2. The summed E-state index contributed by atoms with van der Waals surface area (Å²) >= 11 is 0. The van der Waals surface area contributed by atoms with Crippen molar-refractivity contribution in [1.29, 1.82) is 0 Å². The first-order valence-electron chi connectivity index (χ1n) is 7.92.